The van der Waals surface area contributed by atoms with Crippen molar-refractivity contribution in [2.24, 2.45) is 16.1 Å². The molecule has 6 heteroatoms. The van der Waals surface area contributed by atoms with Crippen LogP contribution in [0.4, 0.5) is 0 Å². The molecule has 0 aromatic rings. The first kappa shape index (κ1) is 13.7. The van der Waals surface area contributed by atoms with Gasteiger partial charge in [0, 0.05) is 18.5 Å². The molecule has 4 aliphatic heterocycles. The second kappa shape index (κ2) is 5.35. The molecule has 1 atom stereocenters. The van der Waals surface area contributed by atoms with Crippen LogP contribution < -0.4 is 0 Å². The maximum Gasteiger partial charge on any atom is 0.359 e. The average molecular weight is 301 g/mol. The molecule has 0 saturated carbocycles. The van der Waals surface area contributed by atoms with E-state index in [1.807, 2.05) is 12.2 Å². The van der Waals surface area contributed by atoms with Gasteiger partial charge in [-0.1, -0.05) is 0 Å². The van der Waals surface area contributed by atoms with E-state index in [2.05, 4.69) is 15.1 Å². The highest BCUT2D eigenvalue weighted by Crippen LogP contribution is 2.30. The lowest BCUT2D eigenvalue weighted by atomic mass is 9.86. The monoisotopic (exact) mass is 301 g/mol. The molecule has 5 aliphatic rings. The molecule has 116 valence electrons. The quantitative estimate of drug-likeness (QED) is 0.737. The van der Waals surface area contributed by atoms with Crippen molar-refractivity contribution in [3.8, 4) is 0 Å². The molecule has 1 aliphatic carbocycles. The molecule has 22 heavy (non-hydrogen) atoms. The van der Waals surface area contributed by atoms with Crippen molar-refractivity contribution in [2.75, 3.05) is 26.7 Å². The summed E-state index contributed by atoms with van der Waals surface area (Å²) in [6.45, 7) is 3.10. The van der Waals surface area contributed by atoms with E-state index >= 15 is 0 Å². The fraction of sp³-hybridized carbons (Fsp3) is 0.562. The molecule has 6 nitrogen and oxygen atoms in total. The number of rotatable bonds is 3. The largest absolute Gasteiger partial charge is 0.497 e. The third-order valence-corrected chi connectivity index (χ3v) is 4.90. The molecule has 0 spiro atoms. The standard InChI is InChI=1S/C16H19N3O3/c1-21-11-2-3-13-12(8-11)15(18-17-13)16(20)22-14-9-19-6-4-10(14)5-7-19/h2,8,10,14H,3-7,9H2,1H3/t14-/m0/s1. The SMILES string of the molecule is COC1=CCC2=NN=C(C(=O)O[C@H]3CN4CCC3CC4)C2=C1. The Hall–Kier alpha value is -1.95. The minimum absolute atomic E-state index is 0.0108. The van der Waals surface area contributed by atoms with Crippen molar-refractivity contribution >= 4 is 17.4 Å². The summed E-state index contributed by atoms with van der Waals surface area (Å²) in [5, 5.41) is 8.13. The van der Waals surface area contributed by atoms with Crippen LogP contribution in [0, 0.1) is 5.92 Å². The summed E-state index contributed by atoms with van der Waals surface area (Å²) in [7, 11) is 1.61. The lowest BCUT2D eigenvalue weighted by molar-refractivity contribution is -0.150. The number of esters is 1. The van der Waals surface area contributed by atoms with Crippen LogP contribution in [0.5, 0.6) is 0 Å². The summed E-state index contributed by atoms with van der Waals surface area (Å²) >= 11 is 0. The number of methoxy groups -OCH3 is 1. The maximum absolute atomic E-state index is 12.5. The fourth-order valence-electron chi connectivity index (χ4n) is 3.59. The highest BCUT2D eigenvalue weighted by Gasteiger charge is 2.38. The van der Waals surface area contributed by atoms with Crippen molar-refractivity contribution < 1.29 is 14.3 Å². The van der Waals surface area contributed by atoms with Crippen LogP contribution in [0.2, 0.25) is 0 Å². The van der Waals surface area contributed by atoms with Gasteiger partial charge in [-0.2, -0.15) is 5.10 Å². The zero-order chi connectivity index (χ0) is 15.1. The number of piperidine rings is 3. The van der Waals surface area contributed by atoms with Crippen LogP contribution in [0.1, 0.15) is 19.3 Å². The Labute approximate surface area is 129 Å². The Kier molecular flexibility index (Phi) is 3.33. The van der Waals surface area contributed by atoms with Gasteiger partial charge in [0.05, 0.1) is 12.8 Å². The zero-order valence-corrected chi connectivity index (χ0v) is 12.6. The normalized spacial score (nSPS) is 32.5. The maximum atomic E-state index is 12.5. The Bertz CT molecular complexity index is 625. The molecule has 5 rings (SSSR count). The molecule has 0 aromatic heterocycles. The fourth-order valence-corrected chi connectivity index (χ4v) is 3.59. The van der Waals surface area contributed by atoms with E-state index in [9.17, 15) is 4.79 Å². The smallest absolute Gasteiger partial charge is 0.359 e. The number of hydrogen-bond acceptors (Lipinski definition) is 6. The molecule has 3 saturated heterocycles. The number of allylic oxidation sites excluding steroid dienone is 2. The minimum atomic E-state index is -0.360. The number of nitrogens with zero attached hydrogens (tertiary/aromatic N) is 3. The summed E-state index contributed by atoms with van der Waals surface area (Å²) in [4.78, 5) is 14.9. The van der Waals surface area contributed by atoms with Crippen LogP contribution in [-0.2, 0) is 14.3 Å². The van der Waals surface area contributed by atoms with Gasteiger partial charge in [0.1, 0.15) is 11.9 Å². The van der Waals surface area contributed by atoms with E-state index in [-0.39, 0.29) is 12.1 Å². The summed E-state index contributed by atoms with van der Waals surface area (Å²) < 4.78 is 11.0. The van der Waals surface area contributed by atoms with E-state index in [4.69, 9.17) is 9.47 Å². The predicted molar refractivity (Wildman–Crippen MR) is 81.7 cm³/mol. The van der Waals surface area contributed by atoms with Crippen molar-refractivity contribution in [1.29, 1.82) is 0 Å². The average Bonchev–Trinajstić information content (AvgIpc) is 2.99. The van der Waals surface area contributed by atoms with Gasteiger partial charge >= 0.3 is 5.97 Å². The van der Waals surface area contributed by atoms with E-state index < -0.39 is 0 Å². The predicted octanol–water partition coefficient (Wildman–Crippen LogP) is 1.29. The van der Waals surface area contributed by atoms with Gasteiger partial charge in [-0.3, -0.25) is 4.90 Å². The molecule has 0 radical (unpaired) electrons. The van der Waals surface area contributed by atoms with Crippen molar-refractivity contribution in [2.45, 2.75) is 25.4 Å². The molecule has 0 amide bonds. The molecule has 0 N–H and O–H groups in total. The van der Waals surface area contributed by atoms with Gasteiger partial charge in [-0.05, 0) is 44.0 Å². The topological polar surface area (TPSA) is 63.5 Å². The third kappa shape index (κ3) is 2.27. The Morgan fingerprint density at radius 2 is 2.14 bits per heavy atom. The van der Waals surface area contributed by atoms with E-state index in [1.54, 1.807) is 7.11 Å². The first-order chi connectivity index (χ1) is 10.7. The lowest BCUT2D eigenvalue weighted by Gasteiger charge is -2.43. The summed E-state index contributed by atoms with van der Waals surface area (Å²) in [5.41, 5.74) is 1.86. The number of carbonyl (C=O) groups excluding carboxylic acids is 1. The zero-order valence-electron chi connectivity index (χ0n) is 12.6. The van der Waals surface area contributed by atoms with Gasteiger partial charge in [-0.15, -0.1) is 5.10 Å². The second-order valence-electron chi connectivity index (χ2n) is 6.15. The molecule has 2 bridgehead atoms. The Morgan fingerprint density at radius 3 is 2.82 bits per heavy atom. The second-order valence-corrected chi connectivity index (χ2v) is 6.15. The molecule has 0 aromatic carbocycles. The molecular weight excluding hydrogens is 282 g/mol. The Morgan fingerprint density at radius 1 is 1.32 bits per heavy atom. The van der Waals surface area contributed by atoms with Crippen molar-refractivity contribution in [1.82, 2.24) is 4.90 Å². The molecular formula is C16H19N3O3. The van der Waals surface area contributed by atoms with Crippen LogP contribution in [0.15, 0.2) is 33.7 Å². The lowest BCUT2D eigenvalue weighted by Crippen LogP contribution is -2.52. The first-order valence-corrected chi connectivity index (χ1v) is 7.79. The van der Waals surface area contributed by atoms with Gasteiger partial charge < -0.3 is 9.47 Å². The number of carbonyl (C=O) groups is 1. The summed E-state index contributed by atoms with van der Waals surface area (Å²) in [5.74, 6) is 0.867. The van der Waals surface area contributed by atoms with E-state index in [0.29, 0.717) is 18.1 Å². The van der Waals surface area contributed by atoms with Gasteiger partial charge in [0.15, 0.2) is 5.71 Å². The molecule has 4 heterocycles. The van der Waals surface area contributed by atoms with Crippen LogP contribution in [0.25, 0.3) is 0 Å². The minimum Gasteiger partial charge on any atom is -0.497 e. The Balaban J connectivity index is 1.47. The highest BCUT2D eigenvalue weighted by atomic mass is 16.5. The molecule has 0 unspecified atom stereocenters. The third-order valence-electron chi connectivity index (χ3n) is 4.90. The number of hydrogen-bond donors (Lipinski definition) is 0. The van der Waals surface area contributed by atoms with Gasteiger partial charge in [0.2, 0.25) is 0 Å². The van der Waals surface area contributed by atoms with Crippen LogP contribution in [-0.4, -0.2) is 55.1 Å². The summed E-state index contributed by atoms with van der Waals surface area (Å²) in [6, 6.07) is 0. The highest BCUT2D eigenvalue weighted by molar-refractivity contribution is 6.52. The first-order valence-electron chi connectivity index (χ1n) is 7.79. The van der Waals surface area contributed by atoms with E-state index in [1.165, 1.54) is 0 Å². The number of ether oxygens (including phenoxy) is 2. The van der Waals surface area contributed by atoms with Gasteiger partial charge in [0.25, 0.3) is 0 Å². The number of fused-ring (bicyclic) bond motifs is 4. The van der Waals surface area contributed by atoms with Crippen LogP contribution in [0.3, 0.4) is 0 Å². The summed E-state index contributed by atoms with van der Waals surface area (Å²) in [6.07, 6.45) is 6.60. The van der Waals surface area contributed by atoms with E-state index in [0.717, 1.165) is 49.5 Å². The van der Waals surface area contributed by atoms with Crippen molar-refractivity contribution in [3.63, 3.8) is 0 Å². The van der Waals surface area contributed by atoms with Gasteiger partial charge in [-0.25, -0.2) is 4.79 Å². The molecule has 3 fully saturated rings. The van der Waals surface area contributed by atoms with Crippen LogP contribution >= 0.6 is 0 Å². The van der Waals surface area contributed by atoms with Crippen molar-refractivity contribution in [3.05, 3.63) is 23.5 Å².